The second-order valence-electron chi connectivity index (χ2n) is 26.0. The summed E-state index contributed by atoms with van der Waals surface area (Å²) in [6.07, 6.45) is 14.6. The first kappa shape index (κ1) is 85.8. The van der Waals surface area contributed by atoms with E-state index in [1.807, 2.05) is 186 Å². The maximum Gasteiger partial charge on any atom is 0.573 e. The predicted molar refractivity (Wildman–Crippen MR) is 447 cm³/mol. The van der Waals surface area contributed by atoms with Gasteiger partial charge in [0.15, 0.2) is 0 Å². The molecule has 1 atom stereocenters. The maximum atomic E-state index is 12.3. The van der Waals surface area contributed by atoms with Crippen LogP contribution in [-0.4, -0.2) is 71.1 Å². The van der Waals surface area contributed by atoms with Crippen molar-refractivity contribution >= 4 is 50.7 Å². The molecule has 3 aliphatic heterocycles. The lowest BCUT2D eigenvalue weighted by Crippen LogP contribution is -2.18. The summed E-state index contributed by atoms with van der Waals surface area (Å²) in [6.45, 7) is 23.1. The van der Waals surface area contributed by atoms with Gasteiger partial charge >= 0.3 is 12.7 Å². The molecule has 0 radical (unpaired) electrons. The molecule has 26 heteroatoms. The van der Waals surface area contributed by atoms with Crippen LogP contribution in [0.2, 0.25) is 0 Å². The fourth-order valence-electron chi connectivity index (χ4n) is 12.1. The van der Waals surface area contributed by atoms with Gasteiger partial charge in [-0.1, -0.05) is 111 Å². The molecule has 117 heavy (non-hydrogen) atoms. The fraction of sp³-hybridized carbons (Fsp3) is 0.132. The van der Waals surface area contributed by atoms with Crippen molar-refractivity contribution in [3.05, 3.63) is 388 Å². The number of benzene rings is 8. The Labute approximate surface area is 675 Å². The first-order valence-corrected chi connectivity index (χ1v) is 37.4. The van der Waals surface area contributed by atoms with Crippen LogP contribution in [0.25, 0.3) is 39.5 Å². The van der Waals surface area contributed by atoms with E-state index in [2.05, 4.69) is 74.1 Å². The van der Waals surface area contributed by atoms with Crippen molar-refractivity contribution in [2.24, 2.45) is 0 Å². The minimum atomic E-state index is -4.72. The zero-order chi connectivity index (χ0) is 83.9. The van der Waals surface area contributed by atoms with Crippen molar-refractivity contribution in [3.63, 3.8) is 0 Å². The van der Waals surface area contributed by atoms with Crippen LogP contribution >= 0.6 is 0 Å². The van der Waals surface area contributed by atoms with E-state index < -0.39 is 24.0 Å². The van der Waals surface area contributed by atoms with E-state index >= 15 is 0 Å². The second-order valence-corrected chi connectivity index (χ2v) is 26.6. The lowest BCUT2D eigenvalue weighted by Gasteiger charge is -2.27. The molecule has 602 valence electrons. The fourth-order valence-corrected chi connectivity index (χ4v) is 12.4. The number of methoxy groups -OCH3 is 1. The molecule has 6 heterocycles. The molecule has 14 rings (SSSR count). The molecular weight excluding hydrogens is 1530 g/mol. The van der Waals surface area contributed by atoms with E-state index in [-0.39, 0.29) is 35.8 Å². The number of aromatic nitrogens is 4. The number of aromatic amines is 1. The summed E-state index contributed by atoms with van der Waals surface area (Å²) in [6, 6.07) is 59.6. The molecule has 0 amide bonds. The number of aryl methyl sites for hydroxylation is 3. The lowest BCUT2D eigenvalue weighted by atomic mass is 10.0. The first-order chi connectivity index (χ1) is 56.1. The molecule has 0 fully saturated rings. The molecule has 11 aromatic rings. The number of H-pyrrole nitrogens is 1. The molecule has 4 N–H and O–H groups in total. The number of aliphatic hydroxyl groups excluding tert-OH is 2. The number of nitrogens with zero attached hydrogens (tertiary/aromatic N) is 6. The number of hydrogen-bond donors (Lipinski definition) is 4. The maximum absolute atomic E-state index is 12.3. The van der Waals surface area contributed by atoms with Gasteiger partial charge in [0.05, 0.1) is 44.9 Å². The number of imidazole rings is 1. The van der Waals surface area contributed by atoms with E-state index in [0.29, 0.717) is 47.4 Å². The van der Waals surface area contributed by atoms with E-state index in [9.17, 15) is 54.9 Å². The largest absolute Gasteiger partial charge is 0.755 e. The highest BCUT2D eigenvalue weighted by atomic mass is 32.2. The summed E-state index contributed by atoms with van der Waals surface area (Å²) < 4.78 is 124. The van der Waals surface area contributed by atoms with Crippen molar-refractivity contribution in [1.29, 1.82) is 0 Å². The molecule has 0 aliphatic carbocycles. The minimum absolute atomic E-state index is 0.0536. The first-order valence-electron chi connectivity index (χ1n) is 36.3. The summed E-state index contributed by atoms with van der Waals surface area (Å²) in [7, 11) is 1.60. The monoisotopic (exact) mass is 1610 g/mol. The van der Waals surface area contributed by atoms with E-state index in [0.717, 1.165) is 107 Å². The number of aliphatic hydroxyl groups is 2. The Kier molecular flexibility index (Phi) is 29.2. The van der Waals surface area contributed by atoms with Gasteiger partial charge in [0.2, 0.25) is 0 Å². The third-order valence-corrected chi connectivity index (χ3v) is 18.1. The third kappa shape index (κ3) is 24.0. The van der Waals surface area contributed by atoms with Crippen molar-refractivity contribution in [3.8, 4) is 51.5 Å². The number of para-hydroxylation sites is 1. The Morgan fingerprint density at radius 1 is 0.504 bits per heavy atom. The Balaban J connectivity index is 0.000000155. The third-order valence-electron chi connectivity index (χ3n) is 17.7. The number of pyridine rings is 2. The van der Waals surface area contributed by atoms with Crippen LogP contribution in [0.15, 0.2) is 333 Å². The molecule has 1 unspecified atom stereocenters. The number of anilines is 4. The Morgan fingerprint density at radius 3 is 1.56 bits per heavy atom. The van der Waals surface area contributed by atoms with Gasteiger partial charge in [-0.2, -0.15) is 0 Å². The quantitative estimate of drug-likeness (QED) is 0.0412. The van der Waals surface area contributed by atoms with Gasteiger partial charge in [-0.25, -0.2) is 4.98 Å². The van der Waals surface area contributed by atoms with Gasteiger partial charge in [0, 0.05) is 123 Å². The Morgan fingerprint density at radius 2 is 1.02 bits per heavy atom. The van der Waals surface area contributed by atoms with Crippen molar-refractivity contribution in [1.82, 2.24) is 19.1 Å². The van der Waals surface area contributed by atoms with E-state index in [1.54, 1.807) is 76.5 Å². The summed E-state index contributed by atoms with van der Waals surface area (Å²) in [4.78, 5) is 36.9. The molecule has 19 nitrogen and oxygen atoms in total. The average molecular weight is 1610 g/mol. The Bertz CT molecular complexity index is 5680. The predicted octanol–water partition coefficient (Wildman–Crippen LogP) is 19.6. The van der Waals surface area contributed by atoms with Crippen molar-refractivity contribution in [2.45, 2.75) is 60.6 Å². The van der Waals surface area contributed by atoms with Crippen LogP contribution in [0.4, 0.5) is 49.1 Å². The smallest absolute Gasteiger partial charge is 0.573 e. The summed E-state index contributed by atoms with van der Waals surface area (Å²) in [5, 5.41) is 18.5. The molecule has 3 aromatic heterocycles. The second kappa shape index (κ2) is 39.9. The number of nitrogens with one attached hydrogen (secondary N) is 2. The summed E-state index contributed by atoms with van der Waals surface area (Å²) in [5.74, 6) is 2.53. The van der Waals surface area contributed by atoms with E-state index in [1.165, 1.54) is 59.3 Å². The van der Waals surface area contributed by atoms with Gasteiger partial charge < -0.3 is 62.9 Å². The number of halogens is 6. The lowest BCUT2D eigenvalue weighted by molar-refractivity contribution is -0.275. The molecule has 0 saturated heterocycles. The zero-order valence-corrected chi connectivity index (χ0v) is 65.3. The van der Waals surface area contributed by atoms with Gasteiger partial charge in [0.25, 0.3) is 11.1 Å². The van der Waals surface area contributed by atoms with Crippen LogP contribution in [0.3, 0.4) is 0 Å². The zero-order valence-electron chi connectivity index (χ0n) is 64.5. The number of ether oxygens (including phenoxy) is 5. The summed E-state index contributed by atoms with van der Waals surface area (Å²) >= 11 is -2.43. The number of rotatable bonds is 20. The SMILES string of the molecule is C=C1C=CC(c2ccc(CO)cc2)=CN1c1ccc(OCC)cc1C.C=C1C=CC(c2cccc(CO)c2)=CN1c1ccc(OC(F)(F)F)cc1.C=C1C=CC(c2ccccc2OC)=CN1c1ccc(OC(F)(F)F)cc1.CCOc1ccc(-n2cc(NS(=O)[O-])ccc2=O)c(C)c1.Cc1cccc(-n2cc(-c3ncc[nH]3)ccc2=O)c1. The van der Waals surface area contributed by atoms with Gasteiger partial charge in [-0.05, 0) is 224 Å². The van der Waals surface area contributed by atoms with Crippen LogP contribution in [0, 0.1) is 20.8 Å². The van der Waals surface area contributed by atoms with Gasteiger partial charge in [-0.15, -0.1) is 26.3 Å². The normalized spacial score (nSPS) is 13.2. The van der Waals surface area contributed by atoms with Gasteiger partial charge in [-0.3, -0.25) is 22.9 Å². The topological polar surface area (TPSA) is 221 Å². The molecule has 0 bridgehead atoms. The van der Waals surface area contributed by atoms with E-state index in [4.69, 9.17) is 14.2 Å². The average Bonchev–Trinajstić information content (AvgIpc) is 1.48. The van der Waals surface area contributed by atoms with Crippen molar-refractivity contribution in [2.75, 3.05) is 39.7 Å². The standard InChI is InChI=1S/C22H23NO2.2C20H16F3NO2.C15H13N3O.C14H16N2O4S/c1-4-25-21-11-12-22(16(2)13-21)23-14-20(8-5-17(23)3)19-9-6-18(15-24)7-10-19;1-14-7-8-15(18-5-3-4-6-19(18)25-2)13-24(14)16-9-11-17(12-10-16)26-20(21,22)23;1-14-5-6-17(16-4-2-3-15(11-16)13-25)12-24(14)18-7-9-19(10-8-18)26-20(21,22)23;1-11-3-2-4-13(9-11)18-10-12(5-6-14(18)19)15-16-7-8-17-15;1-3-20-12-5-6-13(10(2)8-12)16-9-11(15-21(18)19)4-7-14(16)17/h5-14,24H,3-4,15H2,1-2H3;3-13H,1H2,2H3;2-12,25H,1,13H2;2-10H,1H3,(H,16,17);4-9,15H,3H2,1-2H3,(H,18,19)/p-1. The Hall–Kier alpha value is -13.7. The molecular formula is C91H83F6N8O11S-. The van der Waals surface area contributed by atoms with Gasteiger partial charge in [0.1, 0.15) is 34.6 Å². The van der Waals surface area contributed by atoms with Crippen LogP contribution in [-0.2, 0) is 24.5 Å². The van der Waals surface area contributed by atoms with Crippen LogP contribution < -0.4 is 54.2 Å². The highest BCUT2D eigenvalue weighted by Crippen LogP contribution is 2.38. The highest BCUT2D eigenvalue weighted by molar-refractivity contribution is 7.80. The molecule has 3 aliphatic rings. The van der Waals surface area contributed by atoms with Crippen LogP contribution in [0.1, 0.15) is 58.4 Å². The number of alkyl halides is 6. The molecule has 8 aromatic carbocycles. The summed E-state index contributed by atoms with van der Waals surface area (Å²) in [5.41, 5.74) is 17.7. The molecule has 0 spiro atoms. The van der Waals surface area contributed by atoms with Crippen LogP contribution in [0.5, 0.6) is 28.7 Å². The molecule has 0 saturated carbocycles. The van der Waals surface area contributed by atoms with Crippen molar-refractivity contribution < 1.29 is 69.0 Å². The number of allylic oxidation sites excluding steroid dienone is 9. The highest BCUT2D eigenvalue weighted by Gasteiger charge is 2.32. The minimum Gasteiger partial charge on any atom is -0.755 e. The number of hydrogen-bond acceptors (Lipinski definition) is 15.